The number of carbonyl (C=O) groups excluding carboxylic acids is 1. The molecule has 1 aromatic rings. The third-order valence-corrected chi connectivity index (χ3v) is 3.78. The number of nitrogens with zero attached hydrogens (tertiary/aromatic N) is 1. The molecule has 2 N–H and O–H groups in total. The van der Waals surface area contributed by atoms with E-state index >= 15 is 0 Å². The summed E-state index contributed by atoms with van der Waals surface area (Å²) >= 11 is 0. The van der Waals surface area contributed by atoms with Crippen LogP contribution in [-0.2, 0) is 4.79 Å². The molecule has 0 radical (unpaired) electrons. The number of rotatable bonds is 2. The molecule has 1 fully saturated rings. The Bertz CT molecular complexity index is 508. The van der Waals surface area contributed by atoms with Gasteiger partial charge in [-0.25, -0.2) is 0 Å². The van der Waals surface area contributed by atoms with Gasteiger partial charge in [-0.2, -0.15) is 0 Å². The highest BCUT2D eigenvalue weighted by Gasteiger charge is 2.36. The minimum absolute atomic E-state index is 0.174. The molecule has 2 aliphatic rings. The van der Waals surface area contributed by atoms with Gasteiger partial charge in [0.15, 0.2) is 11.5 Å². The standard InChI is InChI=1S/C14H18N2O4/c1-16(9-6-15-7-10(9)17)14(18)13-8-19-11-4-2-3-5-12(11)20-13/h2-5,9-10,13,15,17H,6-8H2,1H3/t9-,10-,13?/m0/s1. The van der Waals surface area contributed by atoms with Gasteiger partial charge in [-0.1, -0.05) is 12.1 Å². The van der Waals surface area contributed by atoms with Crippen molar-refractivity contribution in [2.45, 2.75) is 18.2 Å². The lowest BCUT2D eigenvalue weighted by Gasteiger charge is -2.32. The SMILES string of the molecule is CN(C(=O)C1COc2ccccc2O1)[C@H]1CNC[C@@H]1O. The number of β-amino-alcohol motifs (C(OH)–C–C–N with tert-alkyl or cyclic N) is 1. The first-order valence-corrected chi connectivity index (χ1v) is 6.71. The second kappa shape index (κ2) is 5.30. The number of ether oxygens (including phenoxy) is 2. The zero-order chi connectivity index (χ0) is 14.1. The molecule has 6 heteroatoms. The number of para-hydroxylation sites is 2. The molecule has 3 rings (SSSR count). The maximum absolute atomic E-state index is 12.4. The van der Waals surface area contributed by atoms with Crippen LogP contribution in [0.15, 0.2) is 24.3 Å². The summed E-state index contributed by atoms with van der Waals surface area (Å²) in [7, 11) is 1.69. The number of carbonyl (C=O) groups is 1. The molecule has 0 spiro atoms. The zero-order valence-corrected chi connectivity index (χ0v) is 11.3. The van der Waals surface area contributed by atoms with E-state index in [9.17, 15) is 9.90 Å². The van der Waals surface area contributed by atoms with Gasteiger partial charge >= 0.3 is 0 Å². The molecule has 0 saturated carbocycles. The second-order valence-electron chi connectivity index (χ2n) is 5.11. The van der Waals surface area contributed by atoms with E-state index in [1.54, 1.807) is 18.0 Å². The summed E-state index contributed by atoms with van der Waals surface area (Å²) in [5.41, 5.74) is 0. The van der Waals surface area contributed by atoms with Gasteiger partial charge in [-0.05, 0) is 12.1 Å². The molecule has 2 aliphatic heterocycles. The monoisotopic (exact) mass is 278 g/mol. The molecule has 1 amide bonds. The Morgan fingerprint density at radius 3 is 2.80 bits per heavy atom. The Morgan fingerprint density at radius 1 is 1.35 bits per heavy atom. The number of benzene rings is 1. The Morgan fingerprint density at radius 2 is 2.10 bits per heavy atom. The van der Waals surface area contributed by atoms with E-state index in [4.69, 9.17) is 9.47 Å². The fraction of sp³-hybridized carbons (Fsp3) is 0.500. The van der Waals surface area contributed by atoms with Crippen molar-refractivity contribution in [1.82, 2.24) is 10.2 Å². The summed E-state index contributed by atoms with van der Waals surface area (Å²) in [4.78, 5) is 14.0. The predicted molar refractivity (Wildman–Crippen MR) is 71.8 cm³/mol. The van der Waals surface area contributed by atoms with Crippen LogP contribution in [0.25, 0.3) is 0 Å². The first-order valence-electron chi connectivity index (χ1n) is 6.71. The van der Waals surface area contributed by atoms with Gasteiger partial charge in [0.1, 0.15) is 6.61 Å². The average molecular weight is 278 g/mol. The molecule has 1 aromatic carbocycles. The summed E-state index contributed by atoms with van der Waals surface area (Å²) in [5, 5.41) is 12.9. The first kappa shape index (κ1) is 13.2. The lowest BCUT2D eigenvalue weighted by molar-refractivity contribution is -0.143. The lowest BCUT2D eigenvalue weighted by Crippen LogP contribution is -2.51. The van der Waals surface area contributed by atoms with Gasteiger partial charge in [0.25, 0.3) is 5.91 Å². The molecule has 3 atom stereocenters. The van der Waals surface area contributed by atoms with Crippen LogP contribution in [0.2, 0.25) is 0 Å². The van der Waals surface area contributed by atoms with E-state index in [1.165, 1.54) is 0 Å². The third-order valence-electron chi connectivity index (χ3n) is 3.78. The van der Waals surface area contributed by atoms with E-state index in [2.05, 4.69) is 5.32 Å². The summed E-state index contributed by atoms with van der Waals surface area (Å²) < 4.78 is 11.2. The van der Waals surface area contributed by atoms with Gasteiger partial charge in [0.05, 0.1) is 12.1 Å². The summed E-state index contributed by atoms with van der Waals surface area (Å²) in [6.45, 7) is 1.29. The van der Waals surface area contributed by atoms with Crippen LogP contribution in [0, 0.1) is 0 Å². The van der Waals surface area contributed by atoms with Crippen LogP contribution in [0.4, 0.5) is 0 Å². The zero-order valence-electron chi connectivity index (χ0n) is 11.3. The van der Waals surface area contributed by atoms with E-state index in [0.29, 0.717) is 24.6 Å². The molecule has 108 valence electrons. The van der Waals surface area contributed by atoms with Crippen LogP contribution >= 0.6 is 0 Å². The normalized spacial score (nSPS) is 28.2. The number of likely N-dealkylation sites (N-methyl/N-ethyl adjacent to an activating group) is 1. The van der Waals surface area contributed by atoms with Crippen molar-refractivity contribution in [2.24, 2.45) is 0 Å². The molecule has 2 heterocycles. The maximum atomic E-state index is 12.4. The number of aliphatic hydroxyl groups is 1. The quantitative estimate of drug-likeness (QED) is 0.771. The number of aliphatic hydroxyl groups excluding tert-OH is 1. The van der Waals surface area contributed by atoms with Crippen LogP contribution in [0.5, 0.6) is 11.5 Å². The molecule has 1 saturated heterocycles. The fourth-order valence-electron chi connectivity index (χ4n) is 2.58. The van der Waals surface area contributed by atoms with Crippen molar-refractivity contribution in [3.05, 3.63) is 24.3 Å². The van der Waals surface area contributed by atoms with E-state index < -0.39 is 12.2 Å². The van der Waals surface area contributed by atoms with Crippen LogP contribution in [-0.4, -0.2) is 60.9 Å². The number of fused-ring (bicyclic) bond motifs is 1. The predicted octanol–water partition coefficient (Wildman–Crippen LogP) is -0.383. The lowest BCUT2D eigenvalue weighted by atomic mass is 10.1. The third kappa shape index (κ3) is 2.32. The van der Waals surface area contributed by atoms with E-state index in [-0.39, 0.29) is 18.6 Å². The molecule has 6 nitrogen and oxygen atoms in total. The van der Waals surface area contributed by atoms with Crippen molar-refractivity contribution in [1.29, 1.82) is 0 Å². The van der Waals surface area contributed by atoms with Crippen molar-refractivity contribution >= 4 is 5.91 Å². The Kier molecular flexibility index (Phi) is 3.50. The second-order valence-corrected chi connectivity index (χ2v) is 5.11. The maximum Gasteiger partial charge on any atom is 0.267 e. The van der Waals surface area contributed by atoms with Crippen molar-refractivity contribution < 1.29 is 19.4 Å². The highest BCUT2D eigenvalue weighted by Crippen LogP contribution is 2.31. The van der Waals surface area contributed by atoms with Crippen molar-refractivity contribution in [3.8, 4) is 11.5 Å². The van der Waals surface area contributed by atoms with Gasteiger partial charge < -0.3 is 24.8 Å². The Hall–Kier alpha value is -1.79. The number of hydrogen-bond acceptors (Lipinski definition) is 5. The minimum atomic E-state index is -0.664. The molecule has 0 bridgehead atoms. The molecular weight excluding hydrogens is 260 g/mol. The minimum Gasteiger partial charge on any atom is -0.485 e. The van der Waals surface area contributed by atoms with Crippen molar-refractivity contribution in [2.75, 3.05) is 26.7 Å². The Labute approximate surface area is 117 Å². The van der Waals surface area contributed by atoms with Crippen molar-refractivity contribution in [3.63, 3.8) is 0 Å². The summed E-state index contributed by atoms with van der Waals surface area (Å²) in [5.74, 6) is 1.06. The highest BCUT2D eigenvalue weighted by atomic mass is 16.6. The largest absolute Gasteiger partial charge is 0.485 e. The molecule has 0 aliphatic carbocycles. The summed E-state index contributed by atoms with van der Waals surface area (Å²) in [6, 6.07) is 7.06. The van der Waals surface area contributed by atoms with Crippen LogP contribution in [0.3, 0.4) is 0 Å². The van der Waals surface area contributed by atoms with E-state index in [1.807, 2.05) is 18.2 Å². The van der Waals surface area contributed by atoms with E-state index in [0.717, 1.165) is 0 Å². The van der Waals surface area contributed by atoms with Gasteiger partial charge in [-0.3, -0.25) is 4.79 Å². The number of amides is 1. The highest BCUT2D eigenvalue weighted by molar-refractivity contribution is 5.82. The summed E-state index contributed by atoms with van der Waals surface area (Å²) in [6.07, 6.45) is -1.21. The smallest absolute Gasteiger partial charge is 0.267 e. The molecule has 0 aromatic heterocycles. The molecular formula is C14H18N2O4. The van der Waals surface area contributed by atoms with Gasteiger partial charge in [0, 0.05) is 20.1 Å². The fourth-order valence-corrected chi connectivity index (χ4v) is 2.58. The van der Waals surface area contributed by atoms with Crippen LogP contribution < -0.4 is 14.8 Å². The van der Waals surface area contributed by atoms with Gasteiger partial charge in [-0.15, -0.1) is 0 Å². The van der Waals surface area contributed by atoms with Gasteiger partial charge in [0.2, 0.25) is 6.10 Å². The molecule has 1 unspecified atom stereocenters. The molecule has 20 heavy (non-hydrogen) atoms. The first-order chi connectivity index (χ1) is 9.66. The Balaban J connectivity index is 1.69. The van der Waals surface area contributed by atoms with Crippen LogP contribution in [0.1, 0.15) is 0 Å². The number of nitrogens with one attached hydrogen (secondary N) is 1. The topological polar surface area (TPSA) is 71.0 Å². The average Bonchev–Trinajstić information content (AvgIpc) is 2.91. The number of hydrogen-bond donors (Lipinski definition) is 2.